The molecule has 0 aliphatic heterocycles. The normalized spacial score (nSPS) is 18.5. The maximum absolute atomic E-state index is 13.0. The molecule has 1 aliphatic carbocycles. The van der Waals surface area contributed by atoms with Gasteiger partial charge in [0.1, 0.15) is 11.6 Å². The van der Waals surface area contributed by atoms with Crippen LogP contribution in [0.5, 0.6) is 0 Å². The Morgan fingerprint density at radius 3 is 2.29 bits per heavy atom. The second-order valence-electron chi connectivity index (χ2n) is 4.93. The van der Waals surface area contributed by atoms with Gasteiger partial charge in [-0.3, -0.25) is 0 Å². The average Bonchev–Trinajstić information content (AvgIpc) is 2.78. The Morgan fingerprint density at radius 2 is 1.71 bits per heavy atom. The Kier molecular flexibility index (Phi) is 4.11. The van der Waals surface area contributed by atoms with Gasteiger partial charge in [0.05, 0.1) is 6.10 Å². The van der Waals surface area contributed by atoms with Gasteiger partial charge in [-0.25, -0.2) is 8.78 Å². The Hall–Kier alpha value is -0.960. The van der Waals surface area contributed by atoms with Crippen LogP contribution in [-0.2, 0) is 6.42 Å². The van der Waals surface area contributed by atoms with Gasteiger partial charge in [-0.05, 0) is 49.3 Å². The number of halogens is 2. The molecule has 94 valence electrons. The van der Waals surface area contributed by atoms with Crippen LogP contribution in [0.4, 0.5) is 8.78 Å². The lowest BCUT2D eigenvalue weighted by Crippen LogP contribution is -2.18. The van der Waals surface area contributed by atoms with Crippen LogP contribution in [0.2, 0.25) is 0 Å². The first-order valence-corrected chi connectivity index (χ1v) is 6.28. The minimum Gasteiger partial charge on any atom is -0.393 e. The van der Waals surface area contributed by atoms with Gasteiger partial charge in [0.15, 0.2) is 0 Å². The molecule has 1 aliphatic rings. The molecule has 1 aromatic carbocycles. The Labute approximate surface area is 100 Å². The predicted octanol–water partition coefficient (Wildman–Crippen LogP) is 3.45. The highest BCUT2D eigenvalue weighted by Crippen LogP contribution is 2.29. The van der Waals surface area contributed by atoms with Gasteiger partial charge < -0.3 is 5.11 Å². The van der Waals surface area contributed by atoms with E-state index in [0.717, 1.165) is 18.9 Å². The molecule has 1 fully saturated rings. The first-order valence-electron chi connectivity index (χ1n) is 6.28. The summed E-state index contributed by atoms with van der Waals surface area (Å²) >= 11 is 0. The van der Waals surface area contributed by atoms with E-state index in [0.29, 0.717) is 24.3 Å². The summed E-state index contributed by atoms with van der Waals surface area (Å²) in [7, 11) is 0. The molecule has 0 heterocycles. The van der Waals surface area contributed by atoms with Gasteiger partial charge in [0.25, 0.3) is 0 Å². The molecular weight excluding hydrogens is 222 g/mol. The highest BCUT2D eigenvalue weighted by Gasteiger charge is 2.22. The minimum atomic E-state index is -0.546. The van der Waals surface area contributed by atoms with Crippen LogP contribution in [0.1, 0.15) is 37.7 Å². The van der Waals surface area contributed by atoms with Gasteiger partial charge >= 0.3 is 0 Å². The van der Waals surface area contributed by atoms with E-state index < -0.39 is 11.6 Å². The van der Waals surface area contributed by atoms with E-state index in [9.17, 15) is 13.9 Å². The summed E-state index contributed by atoms with van der Waals surface area (Å²) in [6.45, 7) is 0. The summed E-state index contributed by atoms with van der Waals surface area (Å²) < 4.78 is 25.9. The van der Waals surface area contributed by atoms with Crippen molar-refractivity contribution in [3.05, 3.63) is 35.4 Å². The lowest BCUT2D eigenvalue weighted by molar-refractivity contribution is 0.102. The standard InChI is InChI=1S/C14H18F2O/c15-12-7-10(8-13(16)9-12)5-6-14(17)11-3-1-2-4-11/h7-9,11,14,17H,1-6H2. The first-order chi connectivity index (χ1) is 8.15. The summed E-state index contributed by atoms with van der Waals surface area (Å²) in [5, 5.41) is 9.96. The number of hydrogen-bond donors (Lipinski definition) is 1. The van der Waals surface area contributed by atoms with Crippen molar-refractivity contribution in [3.63, 3.8) is 0 Å². The van der Waals surface area contributed by atoms with Gasteiger partial charge in [-0.1, -0.05) is 12.8 Å². The smallest absolute Gasteiger partial charge is 0.126 e. The molecule has 0 bridgehead atoms. The molecular formula is C14H18F2O. The van der Waals surface area contributed by atoms with Crippen LogP contribution in [0.25, 0.3) is 0 Å². The quantitative estimate of drug-likeness (QED) is 0.854. The Bertz CT molecular complexity index is 352. The summed E-state index contributed by atoms with van der Waals surface area (Å²) in [5.41, 5.74) is 0.625. The molecule has 1 atom stereocenters. The maximum atomic E-state index is 13.0. The third kappa shape index (κ3) is 3.50. The van der Waals surface area contributed by atoms with Gasteiger partial charge in [0.2, 0.25) is 0 Å². The van der Waals surface area contributed by atoms with Gasteiger partial charge in [0, 0.05) is 6.07 Å². The molecule has 17 heavy (non-hydrogen) atoms. The van der Waals surface area contributed by atoms with Crippen LogP contribution < -0.4 is 0 Å². The second kappa shape index (κ2) is 5.58. The molecule has 0 saturated heterocycles. The van der Waals surface area contributed by atoms with Gasteiger partial charge in [-0.15, -0.1) is 0 Å². The fourth-order valence-electron chi connectivity index (χ4n) is 2.65. The molecule has 2 rings (SSSR count). The molecule has 1 N–H and O–H groups in total. The van der Waals surface area contributed by atoms with Crippen LogP contribution in [0.15, 0.2) is 18.2 Å². The first kappa shape index (κ1) is 12.5. The predicted molar refractivity (Wildman–Crippen MR) is 62.6 cm³/mol. The zero-order valence-corrected chi connectivity index (χ0v) is 9.83. The molecule has 3 heteroatoms. The molecule has 1 nitrogen and oxygen atoms in total. The lowest BCUT2D eigenvalue weighted by atomic mass is 9.95. The van der Waals surface area contributed by atoms with Gasteiger partial charge in [-0.2, -0.15) is 0 Å². The zero-order valence-electron chi connectivity index (χ0n) is 9.83. The van der Waals surface area contributed by atoms with Crippen molar-refractivity contribution in [2.75, 3.05) is 0 Å². The molecule has 0 amide bonds. The van der Waals surface area contributed by atoms with E-state index in [-0.39, 0.29) is 6.10 Å². The molecule has 0 aromatic heterocycles. The number of benzene rings is 1. The van der Waals surface area contributed by atoms with Crippen molar-refractivity contribution in [2.45, 2.75) is 44.6 Å². The topological polar surface area (TPSA) is 20.2 Å². The third-order valence-corrected chi connectivity index (χ3v) is 3.60. The molecule has 1 unspecified atom stereocenters. The van der Waals surface area contributed by atoms with Crippen molar-refractivity contribution < 1.29 is 13.9 Å². The van der Waals surface area contributed by atoms with E-state index in [2.05, 4.69) is 0 Å². The SMILES string of the molecule is OC(CCc1cc(F)cc(F)c1)C1CCCC1. The average molecular weight is 240 g/mol. The largest absolute Gasteiger partial charge is 0.393 e. The summed E-state index contributed by atoms with van der Waals surface area (Å²) in [6, 6.07) is 3.55. The monoisotopic (exact) mass is 240 g/mol. The van der Waals surface area contributed by atoms with E-state index >= 15 is 0 Å². The Balaban J connectivity index is 1.88. The van der Waals surface area contributed by atoms with Crippen molar-refractivity contribution in [2.24, 2.45) is 5.92 Å². The van der Waals surface area contributed by atoms with E-state index in [4.69, 9.17) is 0 Å². The van der Waals surface area contributed by atoms with E-state index in [1.165, 1.54) is 25.0 Å². The molecule has 0 spiro atoms. The number of aryl methyl sites for hydroxylation is 1. The number of hydrogen-bond acceptors (Lipinski definition) is 1. The summed E-state index contributed by atoms with van der Waals surface area (Å²) in [5.74, 6) is -0.709. The second-order valence-corrected chi connectivity index (χ2v) is 4.93. The summed E-state index contributed by atoms with van der Waals surface area (Å²) in [4.78, 5) is 0. The third-order valence-electron chi connectivity index (χ3n) is 3.60. The Morgan fingerprint density at radius 1 is 1.12 bits per heavy atom. The molecule has 0 radical (unpaired) electrons. The zero-order chi connectivity index (χ0) is 12.3. The van der Waals surface area contributed by atoms with Crippen LogP contribution in [0, 0.1) is 17.6 Å². The molecule has 1 aromatic rings. The van der Waals surface area contributed by atoms with Crippen molar-refractivity contribution in [3.8, 4) is 0 Å². The van der Waals surface area contributed by atoms with E-state index in [1.54, 1.807) is 0 Å². The summed E-state index contributed by atoms with van der Waals surface area (Å²) in [6.07, 6.45) is 5.34. The van der Waals surface area contributed by atoms with Crippen molar-refractivity contribution in [1.29, 1.82) is 0 Å². The highest BCUT2D eigenvalue weighted by atomic mass is 19.1. The van der Waals surface area contributed by atoms with Crippen LogP contribution in [-0.4, -0.2) is 11.2 Å². The molecule has 1 saturated carbocycles. The van der Waals surface area contributed by atoms with Crippen molar-refractivity contribution in [1.82, 2.24) is 0 Å². The minimum absolute atomic E-state index is 0.330. The van der Waals surface area contributed by atoms with Crippen LogP contribution >= 0.6 is 0 Å². The number of aliphatic hydroxyl groups is 1. The van der Waals surface area contributed by atoms with Crippen LogP contribution in [0.3, 0.4) is 0 Å². The maximum Gasteiger partial charge on any atom is 0.126 e. The van der Waals surface area contributed by atoms with Crippen molar-refractivity contribution >= 4 is 0 Å². The number of rotatable bonds is 4. The fraction of sp³-hybridized carbons (Fsp3) is 0.571. The van der Waals surface area contributed by atoms with E-state index in [1.807, 2.05) is 0 Å². The highest BCUT2D eigenvalue weighted by molar-refractivity contribution is 5.18. The number of aliphatic hydroxyl groups excluding tert-OH is 1. The fourth-order valence-corrected chi connectivity index (χ4v) is 2.65. The lowest BCUT2D eigenvalue weighted by Gasteiger charge is -2.17.